The molecule has 0 saturated heterocycles. The Kier molecular flexibility index (Phi) is 2.80. The summed E-state index contributed by atoms with van der Waals surface area (Å²) in [6.07, 6.45) is 0. The molecule has 0 spiro atoms. The van der Waals surface area contributed by atoms with Gasteiger partial charge in [-0.2, -0.15) is 0 Å². The lowest BCUT2D eigenvalue weighted by molar-refractivity contribution is 1.52. The molecule has 0 aliphatic carbocycles. The molecule has 0 aliphatic heterocycles. The molecule has 0 radical (unpaired) electrons. The topological polar surface area (TPSA) is 26.0 Å². The van der Waals surface area contributed by atoms with Gasteiger partial charge in [0.25, 0.3) is 0 Å². The lowest BCUT2D eigenvalue weighted by Gasteiger charge is -1.98. The Balaban J connectivity index is 2.88. The van der Waals surface area contributed by atoms with E-state index in [4.69, 9.17) is 5.73 Å². The molecule has 68 valence electrons. The van der Waals surface area contributed by atoms with Crippen LogP contribution in [0.4, 0.5) is 5.69 Å². The van der Waals surface area contributed by atoms with Crippen LogP contribution >= 0.6 is 49.9 Å². The van der Waals surface area contributed by atoms with Gasteiger partial charge in [-0.15, -0.1) is 11.3 Å². The Bertz CT molecular complexity index is 452. The number of hydrogen-bond acceptors (Lipinski definition) is 2. The van der Waals surface area contributed by atoms with Crippen LogP contribution in [-0.4, -0.2) is 0 Å². The Labute approximate surface area is 103 Å². The fourth-order valence-electron chi connectivity index (χ4n) is 1.33. The van der Waals surface area contributed by atoms with E-state index in [1.165, 1.54) is 18.5 Å². The molecular weight excluding hydrogens is 361 g/mol. The van der Waals surface area contributed by atoms with Gasteiger partial charge in [-0.3, -0.25) is 0 Å². The predicted octanol–water partition coefficient (Wildman–Crippen LogP) is 3.98. The summed E-state index contributed by atoms with van der Waals surface area (Å²) in [5, 5.41) is 2.09. The van der Waals surface area contributed by atoms with Crippen LogP contribution in [0.15, 0.2) is 18.2 Å². The average molecular weight is 368 g/mol. The highest BCUT2D eigenvalue weighted by Crippen LogP contribution is 2.36. The lowest BCUT2D eigenvalue weighted by atomic mass is 10.1. The fourth-order valence-corrected chi connectivity index (χ4v) is 4.75. The van der Waals surface area contributed by atoms with Crippen LogP contribution in [0.1, 0.15) is 5.56 Å². The van der Waals surface area contributed by atoms with Gasteiger partial charge in [0.05, 0.1) is 2.88 Å². The normalized spacial score (nSPS) is 10.9. The van der Waals surface area contributed by atoms with Gasteiger partial charge in [-0.25, -0.2) is 0 Å². The zero-order valence-electron chi connectivity index (χ0n) is 6.68. The third-order valence-corrected chi connectivity index (χ3v) is 4.79. The van der Waals surface area contributed by atoms with E-state index in [-0.39, 0.29) is 0 Å². The van der Waals surface area contributed by atoms with Crippen LogP contribution in [0, 0.1) is 2.88 Å². The predicted molar refractivity (Wildman–Crippen MR) is 71.6 cm³/mol. The molecule has 0 bridgehead atoms. The van der Waals surface area contributed by atoms with Gasteiger partial charge in [-0.05, 0) is 40.3 Å². The molecule has 0 fully saturated rings. The molecule has 2 aromatic rings. The maximum Gasteiger partial charge on any atom is 0.0707 e. The van der Waals surface area contributed by atoms with Crippen LogP contribution in [0.25, 0.3) is 10.1 Å². The Morgan fingerprint density at radius 3 is 2.92 bits per heavy atom. The van der Waals surface area contributed by atoms with Crippen LogP contribution < -0.4 is 5.73 Å². The molecule has 13 heavy (non-hydrogen) atoms. The maximum absolute atomic E-state index is 5.93. The first-order valence-electron chi connectivity index (χ1n) is 3.75. The second-order valence-corrected chi connectivity index (χ2v) is 6.13. The summed E-state index contributed by atoms with van der Waals surface area (Å²) < 4.78 is 2.60. The molecule has 4 heteroatoms. The van der Waals surface area contributed by atoms with Crippen molar-refractivity contribution in [2.24, 2.45) is 0 Å². The smallest absolute Gasteiger partial charge is 0.0707 e. The van der Waals surface area contributed by atoms with Crippen molar-refractivity contribution in [1.82, 2.24) is 0 Å². The number of nitrogens with two attached hydrogens (primary N) is 1. The van der Waals surface area contributed by atoms with Gasteiger partial charge >= 0.3 is 0 Å². The molecule has 1 aromatic carbocycles. The molecule has 1 nitrogen and oxygen atoms in total. The number of rotatable bonds is 1. The van der Waals surface area contributed by atoms with Crippen LogP contribution in [0.3, 0.4) is 0 Å². The zero-order valence-corrected chi connectivity index (χ0v) is 11.2. The van der Waals surface area contributed by atoms with Crippen molar-refractivity contribution in [2.45, 2.75) is 5.33 Å². The summed E-state index contributed by atoms with van der Waals surface area (Å²) >= 11 is 7.65. The van der Waals surface area contributed by atoms with E-state index in [0.29, 0.717) is 0 Å². The second kappa shape index (κ2) is 3.74. The molecule has 0 saturated carbocycles. The molecule has 2 rings (SSSR count). The van der Waals surface area contributed by atoms with Gasteiger partial charge in [0.1, 0.15) is 0 Å². The highest BCUT2D eigenvalue weighted by molar-refractivity contribution is 14.1. The van der Waals surface area contributed by atoms with Crippen molar-refractivity contribution in [3.05, 3.63) is 26.6 Å². The average Bonchev–Trinajstić information content (AvgIpc) is 2.42. The first kappa shape index (κ1) is 9.73. The number of alkyl halides is 1. The molecule has 0 aliphatic rings. The monoisotopic (exact) mass is 367 g/mol. The number of nitrogen functional groups attached to an aromatic ring is 1. The van der Waals surface area contributed by atoms with Gasteiger partial charge in [0.15, 0.2) is 0 Å². The third-order valence-electron chi connectivity index (χ3n) is 1.93. The van der Waals surface area contributed by atoms with Crippen LogP contribution in [0.5, 0.6) is 0 Å². The molecule has 0 unspecified atom stereocenters. The van der Waals surface area contributed by atoms with Gasteiger partial charge in [0.2, 0.25) is 0 Å². The highest BCUT2D eigenvalue weighted by Gasteiger charge is 2.10. The number of anilines is 1. The third kappa shape index (κ3) is 1.59. The summed E-state index contributed by atoms with van der Waals surface area (Å²) in [5.41, 5.74) is 8.13. The van der Waals surface area contributed by atoms with Crippen molar-refractivity contribution in [3.63, 3.8) is 0 Å². The van der Waals surface area contributed by atoms with Crippen LogP contribution in [0.2, 0.25) is 0 Å². The number of thiophene rings is 1. The van der Waals surface area contributed by atoms with E-state index in [2.05, 4.69) is 44.6 Å². The van der Waals surface area contributed by atoms with Crippen molar-refractivity contribution in [2.75, 3.05) is 5.73 Å². The number of benzene rings is 1. The van der Waals surface area contributed by atoms with E-state index in [1.807, 2.05) is 12.1 Å². The molecule has 0 amide bonds. The minimum atomic E-state index is 0.874. The van der Waals surface area contributed by atoms with Crippen LogP contribution in [-0.2, 0) is 5.33 Å². The zero-order chi connectivity index (χ0) is 9.42. The molecule has 1 aromatic heterocycles. The number of fused-ring (bicyclic) bond motifs is 1. The van der Waals surface area contributed by atoms with Gasteiger partial charge in [-0.1, -0.05) is 22.0 Å². The highest BCUT2D eigenvalue weighted by atomic mass is 127. The molecule has 2 N–H and O–H groups in total. The maximum atomic E-state index is 5.93. The van der Waals surface area contributed by atoms with E-state index < -0.39 is 0 Å². The summed E-state index contributed by atoms with van der Waals surface area (Å²) in [6, 6.07) is 6.07. The summed E-state index contributed by atoms with van der Waals surface area (Å²) in [5.74, 6) is 0. The van der Waals surface area contributed by atoms with Gasteiger partial charge in [0, 0.05) is 21.1 Å². The van der Waals surface area contributed by atoms with Crippen molar-refractivity contribution in [3.8, 4) is 0 Å². The Hall–Kier alpha value is 0.190. The SMILES string of the molecule is Nc1cccc2sc(I)c(CBr)c12. The standard InChI is InChI=1S/C9H7BrINS/c10-4-5-8-6(12)2-1-3-7(8)13-9(5)11/h1-3H,4,12H2. The summed E-state index contributed by atoms with van der Waals surface area (Å²) in [6.45, 7) is 0. The van der Waals surface area contributed by atoms with E-state index >= 15 is 0 Å². The first-order chi connectivity index (χ1) is 6.24. The quantitative estimate of drug-likeness (QED) is 0.460. The Morgan fingerprint density at radius 2 is 2.23 bits per heavy atom. The van der Waals surface area contributed by atoms with E-state index in [9.17, 15) is 0 Å². The minimum Gasteiger partial charge on any atom is -0.398 e. The largest absolute Gasteiger partial charge is 0.398 e. The Morgan fingerprint density at radius 1 is 1.46 bits per heavy atom. The minimum absolute atomic E-state index is 0.874. The molecule has 1 heterocycles. The number of halogens is 2. The fraction of sp³-hybridized carbons (Fsp3) is 0.111. The summed E-state index contributed by atoms with van der Waals surface area (Å²) in [7, 11) is 0. The second-order valence-electron chi connectivity index (χ2n) is 2.71. The first-order valence-corrected chi connectivity index (χ1v) is 6.77. The van der Waals surface area contributed by atoms with E-state index in [1.54, 1.807) is 11.3 Å². The van der Waals surface area contributed by atoms with Crippen molar-refractivity contribution >= 4 is 65.6 Å². The summed E-state index contributed by atoms with van der Waals surface area (Å²) in [4.78, 5) is 0. The molecule has 0 atom stereocenters. The number of hydrogen-bond donors (Lipinski definition) is 1. The van der Waals surface area contributed by atoms with Crippen molar-refractivity contribution < 1.29 is 0 Å². The van der Waals surface area contributed by atoms with E-state index in [0.717, 1.165) is 11.0 Å². The lowest BCUT2D eigenvalue weighted by Crippen LogP contribution is -1.86. The van der Waals surface area contributed by atoms with Crippen molar-refractivity contribution in [1.29, 1.82) is 0 Å². The molecular formula is C9H7BrINS. The van der Waals surface area contributed by atoms with Gasteiger partial charge < -0.3 is 5.73 Å².